The molecule has 0 spiro atoms. The summed E-state index contributed by atoms with van der Waals surface area (Å²) in [7, 11) is 0. The van der Waals surface area contributed by atoms with Gasteiger partial charge in [0.2, 0.25) is 0 Å². The maximum atomic E-state index is 5.95. The highest BCUT2D eigenvalue weighted by Crippen LogP contribution is 2.15. The summed E-state index contributed by atoms with van der Waals surface area (Å²) in [6, 6.07) is 0.450. The summed E-state index contributed by atoms with van der Waals surface area (Å²) in [5, 5.41) is 0. The Labute approximate surface area is 167 Å². The highest BCUT2D eigenvalue weighted by atomic mass is 14.6. The Morgan fingerprint density at radius 1 is 0.423 bits per heavy atom. The van der Waals surface area contributed by atoms with Gasteiger partial charge in [0.1, 0.15) is 0 Å². The third-order valence-electron chi connectivity index (χ3n) is 5.95. The molecule has 0 aromatic heterocycles. The van der Waals surface area contributed by atoms with Crippen LogP contribution in [0, 0.1) is 0 Å². The van der Waals surface area contributed by atoms with Crippen molar-refractivity contribution in [3.63, 3.8) is 0 Å². The van der Waals surface area contributed by atoms with Crippen LogP contribution < -0.4 is 5.73 Å². The van der Waals surface area contributed by atoms with Crippen LogP contribution in [0.5, 0.6) is 0 Å². The van der Waals surface area contributed by atoms with Gasteiger partial charge in [-0.05, 0) is 12.8 Å². The van der Waals surface area contributed by atoms with Crippen LogP contribution in [0.3, 0.4) is 0 Å². The van der Waals surface area contributed by atoms with Crippen LogP contribution in [0.4, 0.5) is 0 Å². The van der Waals surface area contributed by atoms with Gasteiger partial charge in [0.05, 0.1) is 0 Å². The molecule has 0 aliphatic carbocycles. The molecule has 0 bridgehead atoms. The molecule has 1 nitrogen and oxygen atoms in total. The van der Waals surface area contributed by atoms with Gasteiger partial charge in [-0.3, -0.25) is 0 Å². The monoisotopic (exact) mass is 367 g/mol. The molecule has 0 aliphatic rings. The average molecular weight is 368 g/mol. The summed E-state index contributed by atoms with van der Waals surface area (Å²) in [6.45, 7) is 4.49. The molecule has 0 aliphatic heterocycles. The fraction of sp³-hybridized carbons (Fsp3) is 1.00. The van der Waals surface area contributed by atoms with Gasteiger partial charge in [-0.2, -0.15) is 0 Å². The lowest BCUT2D eigenvalue weighted by molar-refractivity contribution is 0.508. The number of rotatable bonds is 22. The number of hydrogen-bond donors (Lipinski definition) is 1. The van der Waals surface area contributed by atoms with E-state index in [-0.39, 0.29) is 0 Å². The average Bonchev–Trinajstić information content (AvgIpc) is 2.66. The zero-order chi connectivity index (χ0) is 19.1. The van der Waals surface area contributed by atoms with Gasteiger partial charge in [-0.15, -0.1) is 0 Å². The van der Waals surface area contributed by atoms with Gasteiger partial charge in [-0.25, -0.2) is 0 Å². The first-order valence-corrected chi connectivity index (χ1v) is 12.6. The second-order valence-electron chi connectivity index (χ2n) is 8.67. The molecule has 0 fully saturated rings. The minimum Gasteiger partial charge on any atom is -0.328 e. The predicted octanol–water partition coefficient (Wildman–Crippen LogP) is 8.94. The first-order chi connectivity index (χ1) is 12.8. The van der Waals surface area contributed by atoms with Crippen LogP contribution >= 0.6 is 0 Å². The van der Waals surface area contributed by atoms with Crippen molar-refractivity contribution >= 4 is 0 Å². The third kappa shape index (κ3) is 22.0. The lowest BCUT2D eigenvalue weighted by atomic mass is 10.0. The molecular formula is C25H53N. The second-order valence-corrected chi connectivity index (χ2v) is 8.67. The van der Waals surface area contributed by atoms with Crippen LogP contribution in [0.25, 0.3) is 0 Å². The van der Waals surface area contributed by atoms with Crippen molar-refractivity contribution in [2.45, 2.75) is 161 Å². The Morgan fingerprint density at radius 2 is 0.692 bits per heavy atom. The standard InChI is InChI=1S/C25H53N/c1-3-5-6-7-8-9-10-11-12-13-14-15-16-17-18-19-20-21-22-23-24-25(26)4-2/h25H,3-24,26H2,1-2H3. The van der Waals surface area contributed by atoms with E-state index >= 15 is 0 Å². The molecule has 1 atom stereocenters. The van der Waals surface area contributed by atoms with E-state index in [2.05, 4.69) is 13.8 Å². The minimum absolute atomic E-state index is 0.450. The van der Waals surface area contributed by atoms with Crippen molar-refractivity contribution < 1.29 is 0 Å². The van der Waals surface area contributed by atoms with Crippen molar-refractivity contribution in [3.05, 3.63) is 0 Å². The molecule has 2 N–H and O–H groups in total. The quantitative estimate of drug-likeness (QED) is 0.190. The zero-order valence-electron chi connectivity index (χ0n) is 18.7. The van der Waals surface area contributed by atoms with Crippen LogP contribution in [-0.4, -0.2) is 6.04 Å². The minimum atomic E-state index is 0.450. The summed E-state index contributed by atoms with van der Waals surface area (Å²) < 4.78 is 0. The van der Waals surface area contributed by atoms with Gasteiger partial charge in [0, 0.05) is 6.04 Å². The molecule has 0 radical (unpaired) electrons. The Morgan fingerprint density at radius 3 is 0.962 bits per heavy atom. The summed E-state index contributed by atoms with van der Waals surface area (Å²) in [5.41, 5.74) is 5.95. The lowest BCUT2D eigenvalue weighted by Gasteiger charge is -2.07. The third-order valence-corrected chi connectivity index (χ3v) is 5.95. The van der Waals surface area contributed by atoms with E-state index in [0.29, 0.717) is 6.04 Å². The smallest absolute Gasteiger partial charge is 0.00362 e. The van der Waals surface area contributed by atoms with Crippen LogP contribution in [-0.2, 0) is 0 Å². The molecule has 26 heavy (non-hydrogen) atoms. The SMILES string of the molecule is CCCCCCCCCCCCCCCCCCCCCCC(N)CC. The molecule has 0 heterocycles. The molecule has 0 saturated heterocycles. The Kier molecular flexibility index (Phi) is 23.0. The van der Waals surface area contributed by atoms with Crippen molar-refractivity contribution in [1.29, 1.82) is 0 Å². The van der Waals surface area contributed by atoms with Crippen molar-refractivity contribution in [2.75, 3.05) is 0 Å². The van der Waals surface area contributed by atoms with Crippen molar-refractivity contribution in [3.8, 4) is 0 Å². The summed E-state index contributed by atoms with van der Waals surface area (Å²) in [4.78, 5) is 0. The molecule has 158 valence electrons. The van der Waals surface area contributed by atoms with Crippen molar-refractivity contribution in [2.24, 2.45) is 5.73 Å². The van der Waals surface area contributed by atoms with E-state index in [9.17, 15) is 0 Å². The molecule has 0 rings (SSSR count). The summed E-state index contributed by atoms with van der Waals surface area (Å²) in [5.74, 6) is 0. The summed E-state index contributed by atoms with van der Waals surface area (Å²) >= 11 is 0. The molecule has 0 aromatic carbocycles. The molecule has 1 heteroatoms. The predicted molar refractivity (Wildman–Crippen MR) is 121 cm³/mol. The number of hydrogen-bond acceptors (Lipinski definition) is 1. The second kappa shape index (κ2) is 23.0. The highest BCUT2D eigenvalue weighted by Gasteiger charge is 1.98. The Bertz CT molecular complexity index is 238. The van der Waals surface area contributed by atoms with Gasteiger partial charge in [-0.1, -0.05) is 142 Å². The largest absolute Gasteiger partial charge is 0.328 e. The summed E-state index contributed by atoms with van der Waals surface area (Å²) in [6.07, 6.45) is 31.4. The van der Waals surface area contributed by atoms with Gasteiger partial charge >= 0.3 is 0 Å². The molecule has 0 amide bonds. The fourth-order valence-electron chi connectivity index (χ4n) is 3.87. The van der Waals surface area contributed by atoms with Crippen LogP contribution in [0.1, 0.15) is 155 Å². The topological polar surface area (TPSA) is 26.0 Å². The van der Waals surface area contributed by atoms with Gasteiger partial charge < -0.3 is 5.73 Å². The molecule has 0 saturated carbocycles. The lowest BCUT2D eigenvalue weighted by Crippen LogP contribution is -2.17. The van der Waals surface area contributed by atoms with E-state index < -0.39 is 0 Å². The number of nitrogens with two attached hydrogens (primary N) is 1. The molecular weight excluding hydrogens is 314 g/mol. The Balaban J connectivity index is 2.99. The van der Waals surface area contributed by atoms with E-state index in [4.69, 9.17) is 5.73 Å². The van der Waals surface area contributed by atoms with Crippen LogP contribution in [0.2, 0.25) is 0 Å². The van der Waals surface area contributed by atoms with Gasteiger partial charge in [0.15, 0.2) is 0 Å². The molecule has 0 aromatic rings. The first kappa shape index (κ1) is 26.0. The van der Waals surface area contributed by atoms with E-state index in [1.54, 1.807) is 0 Å². The fourth-order valence-corrected chi connectivity index (χ4v) is 3.87. The Hall–Kier alpha value is -0.0400. The first-order valence-electron chi connectivity index (χ1n) is 12.6. The van der Waals surface area contributed by atoms with E-state index in [1.165, 1.54) is 135 Å². The normalized spacial score (nSPS) is 12.6. The molecule has 1 unspecified atom stereocenters. The van der Waals surface area contributed by atoms with Crippen molar-refractivity contribution in [1.82, 2.24) is 0 Å². The van der Waals surface area contributed by atoms with Crippen LogP contribution in [0.15, 0.2) is 0 Å². The maximum Gasteiger partial charge on any atom is 0.00362 e. The highest BCUT2D eigenvalue weighted by molar-refractivity contribution is 4.58. The zero-order valence-corrected chi connectivity index (χ0v) is 18.7. The number of unbranched alkanes of at least 4 members (excludes halogenated alkanes) is 19. The van der Waals surface area contributed by atoms with E-state index in [0.717, 1.165) is 6.42 Å². The maximum absolute atomic E-state index is 5.95. The van der Waals surface area contributed by atoms with E-state index in [1.807, 2.05) is 0 Å². The van der Waals surface area contributed by atoms with Gasteiger partial charge in [0.25, 0.3) is 0 Å².